The smallest absolute Gasteiger partial charge is 0.324 e. The first-order chi connectivity index (χ1) is 11.7. The van der Waals surface area contributed by atoms with Crippen molar-refractivity contribution in [3.05, 3.63) is 47.4 Å². The van der Waals surface area contributed by atoms with Crippen molar-refractivity contribution < 1.29 is 4.79 Å². The quantitative estimate of drug-likeness (QED) is 0.798. The van der Waals surface area contributed by atoms with Crippen LogP contribution in [0.5, 0.6) is 0 Å². The van der Waals surface area contributed by atoms with E-state index in [1.807, 2.05) is 28.0 Å². The zero-order valence-corrected chi connectivity index (χ0v) is 14.0. The molecule has 0 aliphatic carbocycles. The van der Waals surface area contributed by atoms with E-state index in [0.717, 1.165) is 37.6 Å². The molecule has 124 valence electrons. The first kappa shape index (κ1) is 15.2. The molecule has 2 amide bonds. The summed E-state index contributed by atoms with van der Waals surface area (Å²) in [5.41, 5.74) is 2.29. The molecule has 3 heterocycles. The first-order valence-corrected chi connectivity index (χ1v) is 8.46. The Morgan fingerprint density at radius 3 is 2.67 bits per heavy atom. The van der Waals surface area contributed by atoms with Crippen molar-refractivity contribution in [3.8, 4) is 0 Å². The molecular formula is C17H18ClN5O. The van der Waals surface area contributed by atoms with Gasteiger partial charge >= 0.3 is 6.03 Å². The highest BCUT2D eigenvalue weighted by Crippen LogP contribution is 2.29. The SMILES string of the molecule is O=C(N1CCN(c2ncncc2Cl)CC1)N1CCc2ccccc21. The molecule has 7 heteroatoms. The molecule has 2 aliphatic heterocycles. The number of anilines is 2. The number of benzene rings is 1. The predicted molar refractivity (Wildman–Crippen MR) is 93.7 cm³/mol. The number of nitrogens with zero attached hydrogens (tertiary/aromatic N) is 5. The van der Waals surface area contributed by atoms with Crippen molar-refractivity contribution >= 4 is 29.1 Å². The minimum absolute atomic E-state index is 0.0911. The number of amides is 2. The maximum atomic E-state index is 12.9. The van der Waals surface area contributed by atoms with Gasteiger partial charge in [-0.1, -0.05) is 29.8 Å². The third-order valence-electron chi connectivity index (χ3n) is 4.62. The molecule has 1 aromatic carbocycles. The molecule has 4 rings (SSSR count). The second-order valence-corrected chi connectivity index (χ2v) is 6.39. The van der Waals surface area contributed by atoms with Crippen molar-refractivity contribution in [3.63, 3.8) is 0 Å². The van der Waals surface area contributed by atoms with Crippen LogP contribution in [0.4, 0.5) is 16.3 Å². The largest absolute Gasteiger partial charge is 0.352 e. The molecule has 6 nitrogen and oxygen atoms in total. The summed E-state index contributed by atoms with van der Waals surface area (Å²) in [6, 6.07) is 8.22. The number of rotatable bonds is 1. The van der Waals surface area contributed by atoms with E-state index in [-0.39, 0.29) is 6.03 Å². The number of piperazine rings is 1. The van der Waals surface area contributed by atoms with Crippen LogP contribution >= 0.6 is 11.6 Å². The summed E-state index contributed by atoms with van der Waals surface area (Å²) in [4.78, 5) is 26.9. The minimum Gasteiger partial charge on any atom is -0.352 e. The molecule has 0 N–H and O–H groups in total. The lowest BCUT2D eigenvalue weighted by molar-refractivity contribution is 0.201. The topological polar surface area (TPSA) is 52.6 Å². The van der Waals surface area contributed by atoms with Crippen LogP contribution in [-0.2, 0) is 6.42 Å². The summed E-state index contributed by atoms with van der Waals surface area (Å²) in [5.74, 6) is 0.741. The van der Waals surface area contributed by atoms with Gasteiger partial charge in [-0.2, -0.15) is 0 Å². The lowest BCUT2D eigenvalue weighted by atomic mass is 10.2. The molecule has 1 fully saturated rings. The van der Waals surface area contributed by atoms with Crippen molar-refractivity contribution in [2.24, 2.45) is 0 Å². The number of carbonyl (C=O) groups is 1. The van der Waals surface area contributed by atoms with Gasteiger partial charge in [0.05, 0.1) is 6.20 Å². The minimum atomic E-state index is 0.0911. The monoisotopic (exact) mass is 343 g/mol. The summed E-state index contributed by atoms with van der Waals surface area (Å²) >= 11 is 6.16. The van der Waals surface area contributed by atoms with E-state index in [4.69, 9.17) is 11.6 Å². The number of hydrogen-bond donors (Lipinski definition) is 0. The first-order valence-electron chi connectivity index (χ1n) is 8.09. The third kappa shape index (κ3) is 2.67. The molecule has 0 unspecified atom stereocenters. The molecule has 24 heavy (non-hydrogen) atoms. The average Bonchev–Trinajstić information content (AvgIpc) is 3.06. The van der Waals surface area contributed by atoms with Crippen LogP contribution in [0.1, 0.15) is 5.56 Å². The van der Waals surface area contributed by atoms with E-state index in [9.17, 15) is 4.79 Å². The molecule has 2 aromatic rings. The van der Waals surface area contributed by atoms with Gasteiger partial charge in [-0.05, 0) is 18.1 Å². The summed E-state index contributed by atoms with van der Waals surface area (Å²) in [5, 5.41) is 0.547. The summed E-state index contributed by atoms with van der Waals surface area (Å²) in [7, 11) is 0. The maximum absolute atomic E-state index is 12.9. The van der Waals surface area contributed by atoms with Crippen LogP contribution in [0, 0.1) is 0 Å². The molecule has 0 bridgehead atoms. The second kappa shape index (κ2) is 6.28. The van der Waals surface area contributed by atoms with E-state index < -0.39 is 0 Å². The molecule has 1 saturated heterocycles. The number of para-hydroxylation sites is 1. The van der Waals surface area contributed by atoms with Crippen LogP contribution < -0.4 is 9.80 Å². The lowest BCUT2D eigenvalue weighted by Crippen LogP contribution is -2.53. The van der Waals surface area contributed by atoms with Crippen LogP contribution in [0.3, 0.4) is 0 Å². The number of aromatic nitrogens is 2. The van der Waals surface area contributed by atoms with Crippen molar-refractivity contribution in [1.82, 2.24) is 14.9 Å². The number of fused-ring (bicyclic) bond motifs is 1. The molecule has 2 aliphatic rings. The van der Waals surface area contributed by atoms with E-state index in [0.29, 0.717) is 18.1 Å². The highest BCUT2D eigenvalue weighted by Gasteiger charge is 2.30. The van der Waals surface area contributed by atoms with Crippen LogP contribution in [0.2, 0.25) is 5.02 Å². The van der Waals surface area contributed by atoms with Gasteiger partial charge in [-0.3, -0.25) is 4.90 Å². The molecule has 0 radical (unpaired) electrons. The van der Waals surface area contributed by atoms with Gasteiger partial charge in [0, 0.05) is 38.4 Å². The molecule has 1 aromatic heterocycles. The van der Waals surface area contributed by atoms with Gasteiger partial charge in [-0.25, -0.2) is 14.8 Å². The van der Waals surface area contributed by atoms with Gasteiger partial charge < -0.3 is 9.80 Å². The zero-order chi connectivity index (χ0) is 16.5. The summed E-state index contributed by atoms with van der Waals surface area (Å²) in [6.07, 6.45) is 4.03. The van der Waals surface area contributed by atoms with E-state index >= 15 is 0 Å². The Labute approximate surface area is 145 Å². The highest BCUT2D eigenvalue weighted by molar-refractivity contribution is 6.32. The van der Waals surface area contributed by atoms with Crippen molar-refractivity contribution in [2.75, 3.05) is 42.5 Å². The Bertz CT molecular complexity index is 760. The number of carbonyl (C=O) groups excluding carboxylic acids is 1. The van der Waals surface area contributed by atoms with Crippen LogP contribution in [0.25, 0.3) is 0 Å². The van der Waals surface area contributed by atoms with Gasteiger partial charge in [-0.15, -0.1) is 0 Å². The number of urea groups is 1. The average molecular weight is 344 g/mol. The van der Waals surface area contributed by atoms with Gasteiger partial charge in [0.25, 0.3) is 0 Å². The van der Waals surface area contributed by atoms with Crippen LogP contribution in [-0.4, -0.2) is 53.6 Å². The Hall–Kier alpha value is -2.34. The van der Waals surface area contributed by atoms with Gasteiger partial charge in [0.15, 0.2) is 5.82 Å². The normalized spacial score (nSPS) is 17.1. The van der Waals surface area contributed by atoms with Crippen molar-refractivity contribution in [2.45, 2.75) is 6.42 Å². The number of hydrogen-bond acceptors (Lipinski definition) is 4. The third-order valence-corrected chi connectivity index (χ3v) is 4.88. The fourth-order valence-corrected chi connectivity index (χ4v) is 3.58. The predicted octanol–water partition coefficient (Wildman–Crippen LogP) is 2.43. The van der Waals surface area contributed by atoms with E-state index in [2.05, 4.69) is 20.9 Å². The highest BCUT2D eigenvalue weighted by atomic mass is 35.5. The van der Waals surface area contributed by atoms with E-state index in [1.165, 1.54) is 11.9 Å². The van der Waals surface area contributed by atoms with Crippen molar-refractivity contribution in [1.29, 1.82) is 0 Å². The second-order valence-electron chi connectivity index (χ2n) is 5.98. The maximum Gasteiger partial charge on any atom is 0.324 e. The van der Waals surface area contributed by atoms with Gasteiger partial charge in [0.2, 0.25) is 0 Å². The number of halogens is 1. The molecule has 0 atom stereocenters. The Morgan fingerprint density at radius 2 is 1.88 bits per heavy atom. The fourth-order valence-electron chi connectivity index (χ4n) is 3.36. The molecule has 0 spiro atoms. The van der Waals surface area contributed by atoms with E-state index in [1.54, 1.807) is 6.20 Å². The Morgan fingerprint density at radius 1 is 1.08 bits per heavy atom. The lowest BCUT2D eigenvalue weighted by Gasteiger charge is -2.37. The zero-order valence-electron chi connectivity index (χ0n) is 13.2. The standard InChI is InChI=1S/C17H18ClN5O/c18-14-11-19-12-20-16(14)21-7-9-22(10-8-21)17(24)23-6-5-13-3-1-2-4-15(13)23/h1-4,11-12H,5-10H2. The van der Waals surface area contributed by atoms with Gasteiger partial charge in [0.1, 0.15) is 11.3 Å². The summed E-state index contributed by atoms with van der Waals surface area (Å²) < 4.78 is 0. The molecular weight excluding hydrogens is 326 g/mol. The summed E-state index contributed by atoms with van der Waals surface area (Å²) in [6.45, 7) is 3.53. The van der Waals surface area contributed by atoms with Crippen LogP contribution in [0.15, 0.2) is 36.8 Å². The molecule has 0 saturated carbocycles. The Kier molecular flexibility index (Phi) is 3.98. The Balaban J connectivity index is 1.43. The fraction of sp³-hybridized carbons (Fsp3) is 0.353.